The second-order valence-corrected chi connectivity index (χ2v) is 4.93. The van der Waals surface area contributed by atoms with E-state index < -0.39 is 0 Å². The molecule has 6 heteroatoms. The van der Waals surface area contributed by atoms with Gasteiger partial charge in [0.2, 0.25) is 0 Å². The maximum absolute atomic E-state index is 9.28. The maximum atomic E-state index is 9.28. The number of nitrogens with one attached hydrogen (secondary N) is 1. The summed E-state index contributed by atoms with van der Waals surface area (Å²) in [7, 11) is 0. The van der Waals surface area contributed by atoms with Gasteiger partial charge in [0.05, 0.1) is 27.0 Å². The van der Waals surface area contributed by atoms with Crippen molar-refractivity contribution in [2.24, 2.45) is 5.10 Å². The molecule has 0 unspecified atom stereocenters. The molecule has 0 aliphatic carbocycles. The molecule has 0 heterocycles. The molecule has 0 radical (unpaired) electrons. The van der Waals surface area contributed by atoms with Gasteiger partial charge in [-0.05, 0) is 42.0 Å². The lowest BCUT2D eigenvalue weighted by atomic mass is 10.2. The second-order valence-electron chi connectivity index (χ2n) is 3.71. The highest BCUT2D eigenvalue weighted by Gasteiger charge is 1.99. The number of phenols is 1. The molecule has 0 spiro atoms. The number of hydrazone groups is 1. The van der Waals surface area contributed by atoms with Crippen LogP contribution in [-0.4, -0.2) is 11.3 Å². The molecule has 0 aliphatic heterocycles. The van der Waals surface area contributed by atoms with Crippen LogP contribution in [0.15, 0.2) is 41.5 Å². The summed E-state index contributed by atoms with van der Waals surface area (Å²) in [5, 5.41) is 14.5. The van der Waals surface area contributed by atoms with E-state index in [1.165, 1.54) is 6.07 Å². The lowest BCUT2D eigenvalue weighted by Crippen LogP contribution is -1.90. The summed E-state index contributed by atoms with van der Waals surface area (Å²) in [6, 6.07) is 9.92. The Morgan fingerprint density at radius 1 is 0.947 bits per heavy atom. The van der Waals surface area contributed by atoms with Crippen molar-refractivity contribution in [3.63, 3.8) is 0 Å². The van der Waals surface area contributed by atoms with Crippen LogP contribution in [-0.2, 0) is 0 Å². The zero-order valence-corrected chi connectivity index (χ0v) is 11.8. The van der Waals surface area contributed by atoms with E-state index in [2.05, 4.69) is 10.5 Å². The van der Waals surface area contributed by atoms with Crippen LogP contribution >= 0.6 is 34.8 Å². The van der Waals surface area contributed by atoms with Gasteiger partial charge < -0.3 is 5.11 Å². The zero-order valence-electron chi connectivity index (χ0n) is 9.57. The highest BCUT2D eigenvalue weighted by molar-refractivity contribution is 6.42. The van der Waals surface area contributed by atoms with Crippen molar-refractivity contribution in [1.82, 2.24) is 0 Å². The van der Waals surface area contributed by atoms with E-state index in [0.29, 0.717) is 10.0 Å². The molecule has 2 rings (SSSR count). The first-order valence-corrected chi connectivity index (χ1v) is 6.42. The molecular formula is C13H9Cl3N2O. The number of aromatic hydroxyl groups is 1. The molecule has 0 saturated heterocycles. The Bertz CT molecular complexity index is 629. The topological polar surface area (TPSA) is 44.6 Å². The van der Waals surface area contributed by atoms with Crippen LogP contribution in [0.25, 0.3) is 0 Å². The van der Waals surface area contributed by atoms with Crippen molar-refractivity contribution < 1.29 is 5.11 Å². The molecular weight excluding hydrogens is 307 g/mol. The van der Waals surface area contributed by atoms with Crippen LogP contribution in [0.4, 0.5) is 5.69 Å². The van der Waals surface area contributed by atoms with Gasteiger partial charge in [-0.2, -0.15) is 5.10 Å². The molecule has 2 aromatic carbocycles. The second kappa shape index (κ2) is 6.15. The molecule has 2 N–H and O–H groups in total. The van der Waals surface area contributed by atoms with Crippen LogP contribution in [0.1, 0.15) is 5.56 Å². The van der Waals surface area contributed by atoms with Crippen LogP contribution in [0.3, 0.4) is 0 Å². The van der Waals surface area contributed by atoms with Gasteiger partial charge in [-0.1, -0.05) is 34.8 Å². The van der Waals surface area contributed by atoms with E-state index in [9.17, 15) is 5.11 Å². The highest BCUT2D eigenvalue weighted by Crippen LogP contribution is 2.25. The van der Waals surface area contributed by atoms with Gasteiger partial charge in [0.25, 0.3) is 0 Å². The van der Waals surface area contributed by atoms with Gasteiger partial charge in [0.15, 0.2) is 0 Å². The van der Waals surface area contributed by atoms with Crippen molar-refractivity contribution in [2.75, 3.05) is 5.43 Å². The van der Waals surface area contributed by atoms with E-state index in [1.807, 2.05) is 0 Å². The third-order valence-electron chi connectivity index (χ3n) is 2.30. The number of rotatable bonds is 3. The van der Waals surface area contributed by atoms with Gasteiger partial charge in [-0.25, -0.2) is 0 Å². The van der Waals surface area contributed by atoms with Gasteiger partial charge in [0.1, 0.15) is 5.75 Å². The van der Waals surface area contributed by atoms with Crippen molar-refractivity contribution in [3.8, 4) is 5.75 Å². The SMILES string of the molecule is Oc1ccc(C=NNc2ccc(Cl)c(Cl)c2)cc1Cl. The fraction of sp³-hybridized carbons (Fsp3) is 0. The summed E-state index contributed by atoms with van der Waals surface area (Å²) < 4.78 is 0. The van der Waals surface area contributed by atoms with Crippen LogP contribution in [0.2, 0.25) is 15.1 Å². The molecule has 0 bridgehead atoms. The summed E-state index contributed by atoms with van der Waals surface area (Å²) in [5.74, 6) is 0.0382. The van der Waals surface area contributed by atoms with Gasteiger partial charge in [-0.15, -0.1) is 0 Å². The number of halogens is 3. The number of nitrogens with zero attached hydrogens (tertiary/aromatic N) is 1. The van der Waals surface area contributed by atoms with Crippen molar-refractivity contribution in [1.29, 1.82) is 0 Å². The Hall–Kier alpha value is -1.42. The molecule has 0 atom stereocenters. The van der Waals surface area contributed by atoms with Gasteiger partial charge in [0, 0.05) is 0 Å². The normalized spacial score (nSPS) is 10.9. The number of phenolic OH excluding ortho intramolecular Hbond substituents is 1. The molecule has 98 valence electrons. The summed E-state index contributed by atoms with van der Waals surface area (Å²) >= 11 is 17.5. The van der Waals surface area contributed by atoms with Crippen LogP contribution in [0.5, 0.6) is 5.75 Å². The molecule has 19 heavy (non-hydrogen) atoms. The lowest BCUT2D eigenvalue weighted by molar-refractivity contribution is 0.475. The lowest BCUT2D eigenvalue weighted by Gasteiger charge is -2.02. The van der Waals surface area contributed by atoms with E-state index in [-0.39, 0.29) is 10.8 Å². The van der Waals surface area contributed by atoms with E-state index in [4.69, 9.17) is 34.8 Å². The first-order chi connectivity index (χ1) is 9.06. The minimum absolute atomic E-state index is 0.0382. The van der Waals surface area contributed by atoms with Gasteiger partial charge in [-0.3, -0.25) is 5.43 Å². The predicted octanol–water partition coefficient (Wildman–Crippen LogP) is 4.80. The molecule has 3 nitrogen and oxygen atoms in total. The molecule has 0 saturated carbocycles. The van der Waals surface area contributed by atoms with Crippen molar-refractivity contribution in [3.05, 3.63) is 57.0 Å². The smallest absolute Gasteiger partial charge is 0.134 e. The Kier molecular flexibility index (Phi) is 4.53. The van der Waals surface area contributed by atoms with E-state index in [0.717, 1.165) is 11.3 Å². The summed E-state index contributed by atoms with van der Waals surface area (Å²) in [6.45, 7) is 0. The molecule has 0 fully saturated rings. The van der Waals surface area contributed by atoms with Crippen molar-refractivity contribution >= 4 is 46.7 Å². The molecule has 2 aromatic rings. The molecule has 0 amide bonds. The third kappa shape index (κ3) is 3.77. The molecule has 0 aliphatic rings. The summed E-state index contributed by atoms with van der Waals surface area (Å²) in [6.07, 6.45) is 1.58. The number of hydrogen-bond donors (Lipinski definition) is 2. The number of anilines is 1. The average Bonchev–Trinajstić information content (AvgIpc) is 2.38. The minimum Gasteiger partial charge on any atom is -0.506 e. The maximum Gasteiger partial charge on any atom is 0.134 e. The fourth-order valence-electron chi connectivity index (χ4n) is 1.35. The average molecular weight is 316 g/mol. The summed E-state index contributed by atoms with van der Waals surface area (Å²) in [4.78, 5) is 0. The Balaban J connectivity index is 2.06. The van der Waals surface area contributed by atoms with E-state index >= 15 is 0 Å². The number of hydrogen-bond acceptors (Lipinski definition) is 3. The van der Waals surface area contributed by atoms with Crippen molar-refractivity contribution in [2.45, 2.75) is 0 Å². The largest absolute Gasteiger partial charge is 0.506 e. The Morgan fingerprint density at radius 3 is 2.42 bits per heavy atom. The minimum atomic E-state index is 0.0382. The Morgan fingerprint density at radius 2 is 1.74 bits per heavy atom. The van der Waals surface area contributed by atoms with Crippen LogP contribution < -0.4 is 5.43 Å². The Labute approximate surface area is 125 Å². The standard InChI is InChI=1S/C13H9Cl3N2O/c14-10-3-2-9(6-11(10)15)18-17-7-8-1-4-13(19)12(16)5-8/h1-7,18-19H. The fourth-order valence-corrected chi connectivity index (χ4v) is 1.84. The predicted molar refractivity (Wildman–Crippen MR) is 80.8 cm³/mol. The summed E-state index contributed by atoms with van der Waals surface area (Å²) in [5.41, 5.74) is 4.29. The van der Waals surface area contributed by atoms with E-state index in [1.54, 1.807) is 36.5 Å². The molecule has 0 aromatic heterocycles. The highest BCUT2D eigenvalue weighted by atomic mass is 35.5. The first-order valence-electron chi connectivity index (χ1n) is 5.29. The first kappa shape index (κ1) is 14.0. The van der Waals surface area contributed by atoms with Gasteiger partial charge >= 0.3 is 0 Å². The van der Waals surface area contributed by atoms with Crippen LogP contribution in [0, 0.1) is 0 Å². The zero-order chi connectivity index (χ0) is 13.8. The third-order valence-corrected chi connectivity index (χ3v) is 3.34. The monoisotopic (exact) mass is 314 g/mol. The number of benzene rings is 2. The quantitative estimate of drug-likeness (QED) is 0.631.